The zero-order valence-corrected chi connectivity index (χ0v) is 15.4. The second kappa shape index (κ2) is 8.04. The van der Waals surface area contributed by atoms with Gasteiger partial charge in [0, 0.05) is 17.6 Å². The molecular weight excluding hydrogens is 304 g/mol. The van der Waals surface area contributed by atoms with Crippen LogP contribution < -0.4 is 0 Å². The smallest absolute Gasteiger partial charge is 0.144 e. The molecule has 1 aromatic heterocycles. The number of nitrogens with zero attached hydrogens (tertiary/aromatic N) is 2. The highest BCUT2D eigenvalue weighted by Gasteiger charge is 2.41. The molecule has 2 unspecified atom stereocenters. The van der Waals surface area contributed by atoms with Crippen LogP contribution in [0.4, 0.5) is 0 Å². The molecule has 4 heteroatoms. The number of hydrogen-bond donors (Lipinski definition) is 1. The lowest BCUT2D eigenvalue weighted by Crippen LogP contribution is -2.36. The molecule has 1 aromatic carbocycles. The van der Waals surface area contributed by atoms with Crippen LogP contribution in [0.3, 0.4) is 0 Å². The second-order valence-corrected chi connectivity index (χ2v) is 7.51. The summed E-state index contributed by atoms with van der Waals surface area (Å²) >= 11 is 1.63. The van der Waals surface area contributed by atoms with Crippen LogP contribution in [0.15, 0.2) is 36.5 Å². The van der Waals surface area contributed by atoms with Crippen molar-refractivity contribution in [1.29, 1.82) is 0 Å². The molecular formula is C19H28N2OS. The minimum atomic E-state index is -0.999. The van der Waals surface area contributed by atoms with E-state index in [9.17, 15) is 5.11 Å². The molecule has 2 atom stereocenters. The van der Waals surface area contributed by atoms with E-state index in [2.05, 4.69) is 37.8 Å². The monoisotopic (exact) mass is 332 g/mol. The Morgan fingerprint density at radius 1 is 1.22 bits per heavy atom. The lowest BCUT2D eigenvalue weighted by atomic mass is 9.77. The first-order valence-electron chi connectivity index (χ1n) is 8.40. The first-order chi connectivity index (χ1) is 11.0. The molecule has 0 saturated carbocycles. The summed E-state index contributed by atoms with van der Waals surface area (Å²) in [6.07, 6.45) is 4.89. The molecule has 0 spiro atoms. The highest BCUT2D eigenvalue weighted by atomic mass is 32.1. The summed E-state index contributed by atoms with van der Waals surface area (Å²) in [5.41, 5.74) is -0.0487. The summed E-state index contributed by atoms with van der Waals surface area (Å²) in [4.78, 5) is 7.92. The highest BCUT2D eigenvalue weighted by Crippen LogP contribution is 2.42. The third-order valence-electron chi connectivity index (χ3n) is 4.29. The molecule has 23 heavy (non-hydrogen) atoms. The summed E-state index contributed by atoms with van der Waals surface area (Å²) in [6.45, 7) is 5.18. The molecule has 2 aromatic rings. The molecule has 0 saturated heterocycles. The van der Waals surface area contributed by atoms with E-state index >= 15 is 0 Å². The van der Waals surface area contributed by atoms with Gasteiger partial charge in [0.25, 0.3) is 0 Å². The van der Waals surface area contributed by atoms with Gasteiger partial charge in [-0.2, -0.15) is 0 Å². The summed E-state index contributed by atoms with van der Waals surface area (Å²) in [6, 6.07) is 10.0. The zero-order valence-electron chi connectivity index (χ0n) is 14.6. The number of thiazole rings is 1. The molecule has 0 amide bonds. The van der Waals surface area contributed by atoms with E-state index in [-0.39, 0.29) is 5.92 Å². The largest absolute Gasteiger partial charge is 0.378 e. The normalized spacial score (nSPS) is 15.6. The minimum Gasteiger partial charge on any atom is -0.378 e. The van der Waals surface area contributed by atoms with E-state index in [4.69, 9.17) is 0 Å². The molecule has 0 aliphatic heterocycles. The van der Waals surface area contributed by atoms with Gasteiger partial charge in [0.2, 0.25) is 0 Å². The van der Waals surface area contributed by atoms with Crippen molar-refractivity contribution in [3.8, 4) is 0 Å². The van der Waals surface area contributed by atoms with Gasteiger partial charge >= 0.3 is 0 Å². The number of rotatable bonds is 8. The molecule has 0 aliphatic carbocycles. The molecule has 126 valence electrons. The predicted octanol–water partition coefficient (Wildman–Crippen LogP) is 4.27. The molecule has 3 nitrogen and oxygen atoms in total. The first-order valence-corrected chi connectivity index (χ1v) is 9.21. The molecule has 2 rings (SSSR count). The van der Waals surface area contributed by atoms with E-state index in [0.29, 0.717) is 0 Å². The van der Waals surface area contributed by atoms with Gasteiger partial charge in [-0.15, -0.1) is 11.3 Å². The Morgan fingerprint density at radius 3 is 2.48 bits per heavy atom. The van der Waals surface area contributed by atoms with Crippen molar-refractivity contribution in [2.75, 3.05) is 14.1 Å². The number of hydrogen-bond acceptors (Lipinski definition) is 4. The van der Waals surface area contributed by atoms with Crippen LogP contribution in [0.25, 0.3) is 0 Å². The van der Waals surface area contributed by atoms with Gasteiger partial charge in [0.1, 0.15) is 10.6 Å². The zero-order chi connectivity index (χ0) is 16.9. The van der Waals surface area contributed by atoms with Gasteiger partial charge in [0.05, 0.1) is 0 Å². The molecule has 1 heterocycles. The summed E-state index contributed by atoms with van der Waals surface area (Å²) in [5.74, 6) is 0.174. The Labute approximate surface area is 144 Å². The van der Waals surface area contributed by atoms with E-state index in [1.807, 2.05) is 36.5 Å². The lowest BCUT2D eigenvalue weighted by Gasteiger charge is -2.34. The van der Waals surface area contributed by atoms with Crippen LogP contribution in [-0.2, 0) is 12.1 Å². The van der Waals surface area contributed by atoms with Gasteiger partial charge in [-0.05, 0) is 38.4 Å². The standard InChI is InChI=1S/C19H28N2OS/c1-5-10-15(6-2)19(22,16-11-8-7-9-12-16)18-20-13-17(23-18)14-21(3)4/h7-9,11-13,15,22H,5-6,10,14H2,1-4H3. The summed E-state index contributed by atoms with van der Waals surface area (Å²) < 4.78 is 0. The minimum absolute atomic E-state index is 0.174. The number of benzene rings is 1. The Balaban J connectivity index is 2.47. The third kappa shape index (κ3) is 4.00. The fourth-order valence-electron chi connectivity index (χ4n) is 3.15. The lowest BCUT2D eigenvalue weighted by molar-refractivity contribution is 0.00962. The maximum Gasteiger partial charge on any atom is 0.144 e. The van der Waals surface area contributed by atoms with Crippen molar-refractivity contribution in [3.63, 3.8) is 0 Å². The molecule has 0 bridgehead atoms. The van der Waals surface area contributed by atoms with Gasteiger partial charge < -0.3 is 10.0 Å². The molecule has 0 fully saturated rings. The van der Waals surface area contributed by atoms with Crippen molar-refractivity contribution < 1.29 is 5.11 Å². The molecule has 0 aliphatic rings. The quantitative estimate of drug-likeness (QED) is 0.784. The number of aromatic nitrogens is 1. The van der Waals surface area contributed by atoms with Crippen LogP contribution in [0.2, 0.25) is 0 Å². The molecule has 1 N–H and O–H groups in total. The maximum absolute atomic E-state index is 11.7. The van der Waals surface area contributed by atoms with Gasteiger partial charge in [0.15, 0.2) is 0 Å². The SMILES string of the molecule is CCCC(CC)C(O)(c1ccccc1)c1ncc(CN(C)C)s1. The number of aliphatic hydroxyl groups is 1. The van der Waals surface area contributed by atoms with Crippen molar-refractivity contribution >= 4 is 11.3 Å². The van der Waals surface area contributed by atoms with Crippen molar-refractivity contribution in [2.24, 2.45) is 5.92 Å². The van der Waals surface area contributed by atoms with Crippen LogP contribution in [0, 0.1) is 5.92 Å². The van der Waals surface area contributed by atoms with Crippen LogP contribution >= 0.6 is 11.3 Å². The van der Waals surface area contributed by atoms with Crippen LogP contribution in [0.5, 0.6) is 0 Å². The fraction of sp³-hybridized carbons (Fsp3) is 0.526. The molecule has 0 radical (unpaired) electrons. The fourth-order valence-corrected chi connectivity index (χ4v) is 4.37. The van der Waals surface area contributed by atoms with Crippen LogP contribution in [0.1, 0.15) is 48.6 Å². The second-order valence-electron chi connectivity index (χ2n) is 6.40. The Bertz CT molecular complexity index is 596. The van der Waals surface area contributed by atoms with Crippen LogP contribution in [-0.4, -0.2) is 29.1 Å². The topological polar surface area (TPSA) is 36.4 Å². The van der Waals surface area contributed by atoms with E-state index in [1.165, 1.54) is 4.88 Å². The Hall–Kier alpha value is -1.23. The summed E-state index contributed by atoms with van der Waals surface area (Å²) in [5, 5.41) is 12.5. The van der Waals surface area contributed by atoms with Gasteiger partial charge in [-0.25, -0.2) is 4.98 Å². The predicted molar refractivity (Wildman–Crippen MR) is 97.6 cm³/mol. The maximum atomic E-state index is 11.7. The first kappa shape index (κ1) is 18.1. The Morgan fingerprint density at radius 2 is 1.91 bits per heavy atom. The van der Waals surface area contributed by atoms with E-state index < -0.39 is 5.60 Å². The third-order valence-corrected chi connectivity index (χ3v) is 5.39. The van der Waals surface area contributed by atoms with Crippen molar-refractivity contribution in [2.45, 2.75) is 45.3 Å². The van der Waals surface area contributed by atoms with E-state index in [1.54, 1.807) is 11.3 Å². The average molecular weight is 333 g/mol. The van der Waals surface area contributed by atoms with Crippen molar-refractivity contribution in [3.05, 3.63) is 52.0 Å². The van der Waals surface area contributed by atoms with Gasteiger partial charge in [-0.3, -0.25) is 0 Å². The Kier molecular flexibility index (Phi) is 6.33. The van der Waals surface area contributed by atoms with Crippen molar-refractivity contribution in [1.82, 2.24) is 9.88 Å². The van der Waals surface area contributed by atoms with E-state index in [0.717, 1.165) is 36.4 Å². The summed E-state index contributed by atoms with van der Waals surface area (Å²) in [7, 11) is 4.10. The average Bonchev–Trinajstić information content (AvgIpc) is 3.01. The highest BCUT2D eigenvalue weighted by molar-refractivity contribution is 7.11. The van der Waals surface area contributed by atoms with Gasteiger partial charge in [-0.1, -0.05) is 50.6 Å².